The molecule has 6 nitrogen and oxygen atoms in total. The van der Waals surface area contributed by atoms with Gasteiger partial charge in [-0.15, -0.1) is 0 Å². The molecular weight excluding hydrogens is 272 g/mol. The van der Waals surface area contributed by atoms with Crippen molar-refractivity contribution in [3.63, 3.8) is 0 Å². The van der Waals surface area contributed by atoms with Crippen LogP contribution in [0.5, 0.6) is 0 Å². The first-order chi connectivity index (χ1) is 9.90. The Labute approximate surface area is 124 Å². The molecule has 3 N–H and O–H groups in total. The van der Waals surface area contributed by atoms with Crippen molar-refractivity contribution in [3.8, 4) is 0 Å². The molecule has 0 bridgehead atoms. The summed E-state index contributed by atoms with van der Waals surface area (Å²) in [6, 6.07) is 7.82. The normalized spacial score (nSPS) is 14.8. The van der Waals surface area contributed by atoms with Gasteiger partial charge in [0.25, 0.3) is 0 Å². The fourth-order valence-electron chi connectivity index (χ4n) is 1.84. The molecule has 0 saturated carbocycles. The van der Waals surface area contributed by atoms with Crippen molar-refractivity contribution >= 4 is 12.0 Å². The minimum absolute atomic E-state index is 0.209. The lowest BCUT2D eigenvalue weighted by atomic mass is 9.92. The van der Waals surface area contributed by atoms with E-state index in [1.807, 2.05) is 6.92 Å². The number of carbonyl (C=O) groups is 2. The highest BCUT2D eigenvalue weighted by molar-refractivity contribution is 5.87. The van der Waals surface area contributed by atoms with Gasteiger partial charge in [0.05, 0.1) is 12.6 Å². The van der Waals surface area contributed by atoms with Gasteiger partial charge in [0.2, 0.25) is 0 Å². The summed E-state index contributed by atoms with van der Waals surface area (Å²) in [5, 5.41) is 14.6. The van der Waals surface area contributed by atoms with Gasteiger partial charge >= 0.3 is 12.0 Å². The highest BCUT2D eigenvalue weighted by Crippen LogP contribution is 2.20. The molecule has 0 spiro atoms. The summed E-state index contributed by atoms with van der Waals surface area (Å²) in [5.74, 6) is -1.12. The largest absolute Gasteiger partial charge is 0.479 e. The van der Waals surface area contributed by atoms with Crippen molar-refractivity contribution < 1.29 is 19.4 Å². The van der Waals surface area contributed by atoms with Crippen LogP contribution in [0.3, 0.4) is 0 Å². The monoisotopic (exact) mass is 294 g/mol. The van der Waals surface area contributed by atoms with Gasteiger partial charge < -0.3 is 20.5 Å². The third-order valence-electron chi connectivity index (χ3n) is 3.09. The quantitative estimate of drug-likeness (QED) is 0.714. The molecule has 1 aromatic carbocycles. The topological polar surface area (TPSA) is 87.7 Å². The van der Waals surface area contributed by atoms with E-state index in [-0.39, 0.29) is 6.04 Å². The average Bonchev–Trinajstić information content (AvgIpc) is 2.45. The second-order valence-corrected chi connectivity index (χ2v) is 4.96. The van der Waals surface area contributed by atoms with Crippen LogP contribution in [-0.4, -0.2) is 36.4 Å². The lowest BCUT2D eigenvalue weighted by Gasteiger charge is -2.27. The first kappa shape index (κ1) is 17.0. The zero-order chi connectivity index (χ0) is 15.9. The number of benzene rings is 1. The molecule has 0 aliphatic heterocycles. The van der Waals surface area contributed by atoms with Crippen molar-refractivity contribution in [2.45, 2.75) is 32.4 Å². The third kappa shape index (κ3) is 4.75. The Hall–Kier alpha value is -2.08. The predicted molar refractivity (Wildman–Crippen MR) is 79.1 cm³/mol. The number of carbonyl (C=O) groups excluding carboxylic acids is 1. The highest BCUT2D eigenvalue weighted by atomic mass is 16.5. The first-order valence-electron chi connectivity index (χ1n) is 6.85. The molecule has 21 heavy (non-hydrogen) atoms. The maximum Gasteiger partial charge on any atom is 0.333 e. The molecule has 0 heterocycles. The number of amides is 2. The van der Waals surface area contributed by atoms with Crippen molar-refractivity contribution in [1.29, 1.82) is 0 Å². The zero-order valence-electron chi connectivity index (χ0n) is 12.6. The summed E-state index contributed by atoms with van der Waals surface area (Å²) in [4.78, 5) is 23.5. The molecule has 2 atom stereocenters. The number of carboxylic acid groups (broad SMARTS) is 1. The standard InChI is InChI=1S/C15H22N2O4/c1-4-21-10-11(2)16-14(20)17-15(3,13(18)19)12-8-6-5-7-9-12/h5-9,11H,4,10H2,1-3H3,(H,18,19)(H2,16,17,20). The van der Waals surface area contributed by atoms with Gasteiger partial charge in [-0.1, -0.05) is 30.3 Å². The second-order valence-electron chi connectivity index (χ2n) is 4.96. The smallest absolute Gasteiger partial charge is 0.333 e. The molecular formula is C15H22N2O4. The molecule has 116 valence electrons. The summed E-state index contributed by atoms with van der Waals surface area (Å²) in [6.07, 6.45) is 0. The Balaban J connectivity index is 2.75. The van der Waals surface area contributed by atoms with E-state index in [0.717, 1.165) is 0 Å². The molecule has 6 heteroatoms. The second kappa shape index (κ2) is 7.64. The zero-order valence-corrected chi connectivity index (χ0v) is 12.6. The van der Waals surface area contributed by atoms with Gasteiger partial charge in [-0.25, -0.2) is 9.59 Å². The van der Waals surface area contributed by atoms with E-state index in [4.69, 9.17) is 4.74 Å². The molecule has 2 amide bonds. The van der Waals surface area contributed by atoms with E-state index >= 15 is 0 Å². The first-order valence-corrected chi connectivity index (χ1v) is 6.85. The van der Waals surface area contributed by atoms with Gasteiger partial charge in [-0.3, -0.25) is 0 Å². The molecule has 1 aromatic rings. The minimum atomic E-state index is -1.49. The molecule has 0 radical (unpaired) electrons. The Bertz CT molecular complexity index is 478. The number of nitrogens with one attached hydrogen (secondary N) is 2. The van der Waals surface area contributed by atoms with Crippen LogP contribution in [0.4, 0.5) is 4.79 Å². The van der Waals surface area contributed by atoms with Gasteiger partial charge in [0.15, 0.2) is 5.54 Å². The molecule has 0 fully saturated rings. The van der Waals surface area contributed by atoms with Crippen LogP contribution in [0.25, 0.3) is 0 Å². The van der Waals surface area contributed by atoms with Crippen molar-refractivity contribution in [1.82, 2.24) is 10.6 Å². The molecule has 0 aromatic heterocycles. The van der Waals surface area contributed by atoms with E-state index in [1.165, 1.54) is 6.92 Å². The van der Waals surface area contributed by atoms with Crippen molar-refractivity contribution in [3.05, 3.63) is 35.9 Å². The van der Waals surface area contributed by atoms with Gasteiger partial charge in [0.1, 0.15) is 0 Å². The van der Waals surface area contributed by atoms with E-state index in [0.29, 0.717) is 18.8 Å². The maximum atomic E-state index is 12.0. The Morgan fingerprint density at radius 1 is 1.33 bits per heavy atom. The maximum absolute atomic E-state index is 12.0. The van der Waals surface area contributed by atoms with Crippen LogP contribution in [0.15, 0.2) is 30.3 Å². The Kier molecular flexibility index (Phi) is 6.17. The number of aliphatic carboxylic acids is 1. The minimum Gasteiger partial charge on any atom is -0.479 e. The van der Waals surface area contributed by atoms with Crippen molar-refractivity contribution in [2.75, 3.05) is 13.2 Å². The van der Waals surface area contributed by atoms with Crippen LogP contribution in [0.1, 0.15) is 26.3 Å². The van der Waals surface area contributed by atoms with E-state index < -0.39 is 17.5 Å². The van der Waals surface area contributed by atoms with Gasteiger partial charge in [-0.05, 0) is 26.3 Å². The summed E-state index contributed by atoms with van der Waals surface area (Å²) in [5.41, 5.74) is -0.985. The SMILES string of the molecule is CCOCC(C)NC(=O)NC(C)(C(=O)O)c1ccccc1. The lowest BCUT2D eigenvalue weighted by molar-refractivity contribution is -0.144. The molecule has 2 unspecified atom stereocenters. The molecule has 0 aliphatic rings. The molecule has 0 saturated heterocycles. The number of hydrogen-bond donors (Lipinski definition) is 3. The van der Waals surface area contributed by atoms with E-state index in [1.54, 1.807) is 37.3 Å². The number of hydrogen-bond acceptors (Lipinski definition) is 3. The Morgan fingerprint density at radius 2 is 1.95 bits per heavy atom. The summed E-state index contributed by atoms with van der Waals surface area (Å²) >= 11 is 0. The molecule has 1 rings (SSSR count). The number of carboxylic acids is 1. The van der Waals surface area contributed by atoms with Crippen LogP contribution in [-0.2, 0) is 15.1 Å². The van der Waals surface area contributed by atoms with Crippen molar-refractivity contribution in [2.24, 2.45) is 0 Å². The van der Waals surface area contributed by atoms with Crippen LogP contribution < -0.4 is 10.6 Å². The van der Waals surface area contributed by atoms with E-state index in [2.05, 4.69) is 10.6 Å². The summed E-state index contributed by atoms with van der Waals surface area (Å²) in [7, 11) is 0. The fraction of sp³-hybridized carbons (Fsp3) is 0.467. The van der Waals surface area contributed by atoms with Crippen LogP contribution >= 0.6 is 0 Å². The van der Waals surface area contributed by atoms with Gasteiger partial charge in [-0.2, -0.15) is 0 Å². The Morgan fingerprint density at radius 3 is 2.48 bits per heavy atom. The van der Waals surface area contributed by atoms with Crippen LogP contribution in [0, 0.1) is 0 Å². The van der Waals surface area contributed by atoms with Crippen LogP contribution in [0.2, 0.25) is 0 Å². The van der Waals surface area contributed by atoms with E-state index in [9.17, 15) is 14.7 Å². The molecule has 0 aliphatic carbocycles. The fourth-order valence-corrected chi connectivity index (χ4v) is 1.84. The number of ether oxygens (including phenoxy) is 1. The lowest BCUT2D eigenvalue weighted by Crippen LogP contribution is -2.54. The summed E-state index contributed by atoms with van der Waals surface area (Å²) in [6.45, 7) is 6.04. The average molecular weight is 294 g/mol. The number of urea groups is 1. The predicted octanol–water partition coefficient (Wildman–Crippen LogP) is 1.71. The third-order valence-corrected chi connectivity index (χ3v) is 3.09. The highest BCUT2D eigenvalue weighted by Gasteiger charge is 2.36. The van der Waals surface area contributed by atoms with Gasteiger partial charge in [0, 0.05) is 6.61 Å². The number of rotatable bonds is 7. The summed E-state index contributed by atoms with van der Waals surface area (Å²) < 4.78 is 5.20.